The van der Waals surface area contributed by atoms with E-state index in [1.54, 1.807) is 17.2 Å². The van der Waals surface area contributed by atoms with Gasteiger partial charge in [0.05, 0.1) is 0 Å². The number of carbonyl (C=O) groups excluding carboxylic acids is 2. The summed E-state index contributed by atoms with van der Waals surface area (Å²) in [6.07, 6.45) is 4.70. The molecule has 5 heteroatoms. The highest BCUT2D eigenvalue weighted by molar-refractivity contribution is 5.96. The van der Waals surface area contributed by atoms with Gasteiger partial charge in [0.2, 0.25) is 0 Å². The van der Waals surface area contributed by atoms with E-state index in [2.05, 4.69) is 54.4 Å². The molecule has 5 nitrogen and oxygen atoms in total. The second-order valence-electron chi connectivity index (χ2n) is 10.8. The molecule has 1 aromatic heterocycles. The van der Waals surface area contributed by atoms with Crippen LogP contribution in [0.1, 0.15) is 77.8 Å². The molecule has 192 valence electrons. The summed E-state index contributed by atoms with van der Waals surface area (Å²) in [7, 11) is 0. The van der Waals surface area contributed by atoms with E-state index in [0.717, 1.165) is 23.2 Å². The monoisotopic (exact) mass is 496 g/mol. The van der Waals surface area contributed by atoms with Gasteiger partial charge in [0.15, 0.2) is 5.78 Å². The van der Waals surface area contributed by atoms with E-state index in [0.29, 0.717) is 25.1 Å². The van der Waals surface area contributed by atoms with E-state index in [-0.39, 0.29) is 17.8 Å². The zero-order valence-electron chi connectivity index (χ0n) is 22.5. The maximum absolute atomic E-state index is 13.3. The Morgan fingerprint density at radius 1 is 1.03 bits per heavy atom. The van der Waals surface area contributed by atoms with Gasteiger partial charge in [0.25, 0.3) is 0 Å². The maximum atomic E-state index is 13.3. The average Bonchev–Trinajstić information content (AvgIpc) is 2.87. The maximum Gasteiger partial charge on any atom is 0.410 e. The molecule has 0 saturated heterocycles. The second kappa shape index (κ2) is 11.1. The summed E-state index contributed by atoms with van der Waals surface area (Å²) in [5, 5.41) is 0. The number of carbonyl (C=O) groups is 2. The minimum atomic E-state index is -0.498. The SMILES string of the molecule is Cc1cc(C(=O)CC(c2ccc(C3=CCN(C(=O)OC(C)(C)C)CC3)cc2)c2ccccc2C)ccn1. The van der Waals surface area contributed by atoms with Crippen molar-refractivity contribution < 1.29 is 14.3 Å². The normalized spacial score (nSPS) is 14.6. The van der Waals surface area contributed by atoms with Crippen molar-refractivity contribution in [3.63, 3.8) is 0 Å². The Balaban J connectivity index is 1.54. The molecule has 2 aromatic carbocycles. The number of pyridine rings is 1. The van der Waals surface area contributed by atoms with Crippen LogP contribution in [0.2, 0.25) is 0 Å². The molecule has 0 N–H and O–H groups in total. The molecule has 0 radical (unpaired) electrons. The third-order valence-electron chi connectivity index (χ3n) is 6.72. The third kappa shape index (κ3) is 6.73. The smallest absolute Gasteiger partial charge is 0.410 e. The number of aromatic nitrogens is 1. The summed E-state index contributed by atoms with van der Waals surface area (Å²) < 4.78 is 5.51. The standard InChI is InChI=1S/C32H36N2O3/c1-22-8-6-7-9-28(22)29(21-30(35)27-14-17-33-23(2)20-27)26-12-10-24(11-13-26)25-15-18-34(19-16-25)31(36)37-32(3,4)5/h6-15,17,20,29H,16,18-19,21H2,1-5H3. The van der Waals surface area contributed by atoms with Crippen molar-refractivity contribution in [2.45, 2.75) is 59.0 Å². The number of ether oxygens (including phenoxy) is 1. The van der Waals surface area contributed by atoms with Gasteiger partial charge in [0.1, 0.15) is 5.60 Å². The highest BCUT2D eigenvalue weighted by atomic mass is 16.6. The summed E-state index contributed by atoms with van der Waals surface area (Å²) in [6.45, 7) is 10.8. The lowest BCUT2D eigenvalue weighted by Crippen LogP contribution is -2.39. The molecule has 1 aliphatic heterocycles. The van der Waals surface area contributed by atoms with Gasteiger partial charge in [-0.3, -0.25) is 9.78 Å². The van der Waals surface area contributed by atoms with Gasteiger partial charge in [0, 0.05) is 42.9 Å². The van der Waals surface area contributed by atoms with E-state index in [1.165, 1.54) is 16.7 Å². The van der Waals surface area contributed by atoms with Crippen LogP contribution < -0.4 is 0 Å². The minimum absolute atomic E-state index is 0.0424. The van der Waals surface area contributed by atoms with Crippen LogP contribution in [0.4, 0.5) is 4.79 Å². The van der Waals surface area contributed by atoms with Crippen molar-refractivity contribution in [2.75, 3.05) is 13.1 Å². The van der Waals surface area contributed by atoms with Crippen LogP contribution in [-0.4, -0.2) is 40.5 Å². The summed E-state index contributed by atoms with van der Waals surface area (Å²) in [5.74, 6) is 0.0688. The molecule has 4 rings (SSSR count). The van der Waals surface area contributed by atoms with Crippen molar-refractivity contribution in [3.8, 4) is 0 Å². The largest absolute Gasteiger partial charge is 0.444 e. The topological polar surface area (TPSA) is 59.5 Å². The first-order valence-corrected chi connectivity index (χ1v) is 12.9. The fourth-order valence-corrected chi connectivity index (χ4v) is 4.76. The summed E-state index contributed by atoms with van der Waals surface area (Å²) in [6, 6.07) is 20.5. The van der Waals surface area contributed by atoms with Crippen LogP contribution in [0.25, 0.3) is 5.57 Å². The molecule has 2 heterocycles. The number of hydrogen-bond donors (Lipinski definition) is 0. The predicted molar refractivity (Wildman–Crippen MR) is 148 cm³/mol. The molecule has 1 aliphatic rings. The van der Waals surface area contributed by atoms with Crippen molar-refractivity contribution in [1.82, 2.24) is 9.88 Å². The minimum Gasteiger partial charge on any atom is -0.444 e. The fraction of sp³-hybridized carbons (Fsp3) is 0.344. The first kappa shape index (κ1) is 26.3. The Labute approximate surface area is 220 Å². The Hall–Kier alpha value is -3.73. The Morgan fingerprint density at radius 2 is 1.76 bits per heavy atom. The lowest BCUT2D eigenvalue weighted by molar-refractivity contribution is 0.0270. The van der Waals surface area contributed by atoms with Gasteiger partial charge in [-0.25, -0.2) is 4.79 Å². The van der Waals surface area contributed by atoms with E-state index < -0.39 is 5.60 Å². The van der Waals surface area contributed by atoms with Crippen molar-refractivity contribution >= 4 is 17.4 Å². The highest BCUT2D eigenvalue weighted by Gasteiger charge is 2.25. The number of amides is 1. The van der Waals surface area contributed by atoms with E-state index in [4.69, 9.17) is 4.74 Å². The summed E-state index contributed by atoms with van der Waals surface area (Å²) >= 11 is 0. The zero-order chi connectivity index (χ0) is 26.6. The molecule has 0 fully saturated rings. The number of hydrogen-bond acceptors (Lipinski definition) is 4. The Kier molecular flexibility index (Phi) is 7.91. The zero-order valence-corrected chi connectivity index (χ0v) is 22.5. The predicted octanol–water partition coefficient (Wildman–Crippen LogP) is 7.13. The van der Waals surface area contributed by atoms with Gasteiger partial charge in [-0.1, -0.05) is 54.6 Å². The van der Waals surface area contributed by atoms with Crippen LogP contribution >= 0.6 is 0 Å². The number of benzene rings is 2. The molecule has 0 bridgehead atoms. The number of ketones is 1. The molecular formula is C32H36N2O3. The van der Waals surface area contributed by atoms with Gasteiger partial charge in [-0.05, 0) is 81.0 Å². The van der Waals surface area contributed by atoms with Crippen molar-refractivity contribution in [1.29, 1.82) is 0 Å². The molecule has 0 aliphatic carbocycles. The molecule has 1 atom stereocenters. The summed E-state index contributed by atoms with van der Waals surface area (Å²) in [4.78, 5) is 31.6. The number of aryl methyl sites for hydroxylation is 2. The van der Waals surface area contributed by atoms with Crippen LogP contribution in [0.5, 0.6) is 0 Å². The van der Waals surface area contributed by atoms with E-state index in [1.807, 2.05) is 45.9 Å². The lowest BCUT2D eigenvalue weighted by Gasteiger charge is -2.29. The molecule has 3 aromatic rings. The van der Waals surface area contributed by atoms with Crippen molar-refractivity contribution in [2.24, 2.45) is 0 Å². The fourth-order valence-electron chi connectivity index (χ4n) is 4.76. The van der Waals surface area contributed by atoms with E-state index >= 15 is 0 Å². The first-order chi connectivity index (χ1) is 17.6. The van der Waals surface area contributed by atoms with Crippen molar-refractivity contribution in [3.05, 3.63) is 106 Å². The van der Waals surface area contributed by atoms with Crippen LogP contribution in [0.15, 0.2) is 72.9 Å². The van der Waals surface area contributed by atoms with Gasteiger partial charge < -0.3 is 9.64 Å². The average molecular weight is 497 g/mol. The lowest BCUT2D eigenvalue weighted by atomic mass is 9.83. The van der Waals surface area contributed by atoms with Crippen LogP contribution in [-0.2, 0) is 4.74 Å². The Bertz CT molecular complexity index is 1300. The molecular weight excluding hydrogens is 460 g/mol. The second-order valence-corrected chi connectivity index (χ2v) is 10.8. The van der Waals surface area contributed by atoms with Crippen LogP contribution in [0, 0.1) is 13.8 Å². The van der Waals surface area contributed by atoms with Gasteiger partial charge >= 0.3 is 6.09 Å². The number of rotatable bonds is 6. The molecule has 1 unspecified atom stereocenters. The Morgan fingerprint density at radius 3 is 2.38 bits per heavy atom. The molecule has 1 amide bonds. The molecule has 0 saturated carbocycles. The highest BCUT2D eigenvalue weighted by Crippen LogP contribution is 2.33. The van der Waals surface area contributed by atoms with Gasteiger partial charge in [-0.15, -0.1) is 0 Å². The molecule has 0 spiro atoms. The quantitative estimate of drug-likeness (QED) is 0.341. The molecule has 37 heavy (non-hydrogen) atoms. The third-order valence-corrected chi connectivity index (χ3v) is 6.72. The van der Waals surface area contributed by atoms with E-state index in [9.17, 15) is 9.59 Å². The summed E-state index contributed by atoms with van der Waals surface area (Å²) in [5.41, 5.74) is 6.87. The van der Waals surface area contributed by atoms with Gasteiger partial charge in [-0.2, -0.15) is 0 Å². The number of Topliss-reactive ketones (excluding diaryl/α,β-unsaturated/α-hetero) is 1. The number of nitrogens with zero attached hydrogens (tertiary/aromatic N) is 2. The van der Waals surface area contributed by atoms with Crippen LogP contribution in [0.3, 0.4) is 0 Å². The first-order valence-electron chi connectivity index (χ1n) is 12.9.